The molecule has 0 aliphatic heterocycles. The number of benzene rings is 3. The molecular weight excluding hydrogens is 566 g/mol. The highest BCUT2D eigenvalue weighted by Crippen LogP contribution is 2.32. The van der Waals surface area contributed by atoms with Gasteiger partial charge < -0.3 is 19.7 Å². The van der Waals surface area contributed by atoms with Crippen LogP contribution >= 0.6 is 0 Å². The van der Waals surface area contributed by atoms with Crippen molar-refractivity contribution in [2.24, 2.45) is 0 Å². The highest BCUT2D eigenvalue weighted by Gasteiger charge is 2.35. The van der Waals surface area contributed by atoms with Crippen LogP contribution in [0.25, 0.3) is 0 Å². The minimum absolute atomic E-state index is 0.0372. The fraction of sp³-hybridized carbons (Fsp3) is 0.394. The zero-order chi connectivity index (χ0) is 30.8. The van der Waals surface area contributed by atoms with Crippen LogP contribution in [0.4, 0.5) is 5.69 Å². The lowest BCUT2D eigenvalue weighted by Crippen LogP contribution is -2.54. The molecule has 9 nitrogen and oxygen atoms in total. The molecule has 0 radical (unpaired) electrons. The van der Waals surface area contributed by atoms with Crippen molar-refractivity contribution in [3.8, 4) is 11.5 Å². The Hall–Kier alpha value is -4.05. The summed E-state index contributed by atoms with van der Waals surface area (Å²) in [5, 5.41) is 3.16. The van der Waals surface area contributed by atoms with Gasteiger partial charge in [0.1, 0.15) is 24.1 Å². The number of rotatable bonds is 13. The van der Waals surface area contributed by atoms with E-state index in [9.17, 15) is 18.0 Å². The van der Waals surface area contributed by atoms with Crippen LogP contribution in [-0.4, -0.2) is 58.0 Å². The zero-order valence-electron chi connectivity index (χ0n) is 25.1. The first-order valence-corrected chi connectivity index (χ1v) is 16.2. The van der Waals surface area contributed by atoms with Crippen LogP contribution in [0, 0.1) is 0 Å². The Balaban J connectivity index is 1.73. The fourth-order valence-electron chi connectivity index (χ4n) is 5.50. The Kier molecular flexibility index (Phi) is 11.1. The largest absolute Gasteiger partial charge is 0.497 e. The second-order valence-electron chi connectivity index (χ2n) is 10.6. The summed E-state index contributed by atoms with van der Waals surface area (Å²) in [5.74, 6) is 0.169. The third-order valence-electron chi connectivity index (χ3n) is 7.79. The molecule has 2 amide bonds. The number of nitrogens with zero attached hydrogens (tertiary/aromatic N) is 2. The first-order chi connectivity index (χ1) is 20.8. The van der Waals surface area contributed by atoms with Crippen molar-refractivity contribution >= 4 is 27.5 Å². The maximum Gasteiger partial charge on any atom is 0.264 e. The molecule has 0 saturated heterocycles. The zero-order valence-corrected chi connectivity index (χ0v) is 25.9. The normalized spacial score (nSPS) is 14.4. The third-order valence-corrected chi connectivity index (χ3v) is 9.56. The number of nitrogens with one attached hydrogen (secondary N) is 1. The molecule has 0 aromatic heterocycles. The van der Waals surface area contributed by atoms with Crippen molar-refractivity contribution in [3.63, 3.8) is 0 Å². The summed E-state index contributed by atoms with van der Waals surface area (Å²) in [6, 6.07) is 21.2. The van der Waals surface area contributed by atoms with Gasteiger partial charge in [0.2, 0.25) is 11.8 Å². The van der Waals surface area contributed by atoms with Gasteiger partial charge in [0.05, 0.1) is 24.8 Å². The SMILES string of the molecule is CC[C@H](C(=O)NC1CCCCC1)N(Cc1cccc(OC)c1)C(=O)CN(c1ccccc1OC)S(=O)(=O)c1ccccc1. The van der Waals surface area contributed by atoms with E-state index >= 15 is 0 Å². The smallest absolute Gasteiger partial charge is 0.264 e. The number of anilines is 1. The van der Waals surface area contributed by atoms with Gasteiger partial charge in [0.15, 0.2) is 0 Å². The van der Waals surface area contributed by atoms with Gasteiger partial charge in [0, 0.05) is 12.6 Å². The van der Waals surface area contributed by atoms with Gasteiger partial charge >= 0.3 is 0 Å². The molecule has 1 atom stereocenters. The Morgan fingerprint density at radius 3 is 2.28 bits per heavy atom. The average Bonchev–Trinajstić information content (AvgIpc) is 3.04. The lowest BCUT2D eigenvalue weighted by Gasteiger charge is -2.34. The standard InChI is InChI=1S/C33H41N3O6S/c1-4-29(33(38)34-26-15-7-5-8-16-26)35(23-25-14-13-17-27(22-25)41-2)32(37)24-36(30-20-11-12-21-31(30)42-3)43(39,40)28-18-9-6-10-19-28/h6,9-14,17-22,26,29H,4-5,7-8,15-16,23-24H2,1-3H3,(H,34,38)/t29-/m1/s1. The van der Waals surface area contributed by atoms with Crippen LogP contribution < -0.4 is 19.1 Å². The minimum atomic E-state index is -4.19. The number of carbonyl (C=O) groups excluding carboxylic acids is 2. The lowest BCUT2D eigenvalue weighted by molar-refractivity contribution is -0.140. The molecule has 1 saturated carbocycles. The van der Waals surface area contributed by atoms with E-state index in [1.54, 1.807) is 55.6 Å². The number of methoxy groups -OCH3 is 2. The quantitative estimate of drug-likeness (QED) is 0.288. The van der Waals surface area contributed by atoms with Crippen LogP contribution in [0.5, 0.6) is 11.5 Å². The molecule has 3 aromatic carbocycles. The first kappa shape index (κ1) is 31.9. The predicted octanol–water partition coefficient (Wildman–Crippen LogP) is 5.16. The summed E-state index contributed by atoms with van der Waals surface area (Å²) in [6.45, 7) is 1.42. The van der Waals surface area contributed by atoms with E-state index in [0.29, 0.717) is 17.9 Å². The van der Waals surface area contributed by atoms with E-state index in [-0.39, 0.29) is 29.1 Å². The second-order valence-corrected chi connectivity index (χ2v) is 12.5. The van der Waals surface area contributed by atoms with Gasteiger partial charge in [-0.1, -0.05) is 68.7 Å². The molecule has 4 rings (SSSR count). The van der Waals surface area contributed by atoms with Crippen molar-refractivity contribution in [1.29, 1.82) is 0 Å². The van der Waals surface area contributed by atoms with Crippen molar-refractivity contribution in [2.45, 2.75) is 69.0 Å². The number of carbonyl (C=O) groups is 2. The highest BCUT2D eigenvalue weighted by molar-refractivity contribution is 7.92. The van der Waals surface area contributed by atoms with Crippen molar-refractivity contribution in [2.75, 3.05) is 25.1 Å². The topological polar surface area (TPSA) is 105 Å². The van der Waals surface area contributed by atoms with E-state index in [1.165, 1.54) is 24.1 Å². The van der Waals surface area contributed by atoms with Crippen LogP contribution in [0.15, 0.2) is 83.8 Å². The number of amides is 2. The van der Waals surface area contributed by atoms with Gasteiger partial charge in [-0.25, -0.2) is 8.42 Å². The van der Waals surface area contributed by atoms with Gasteiger partial charge in [0.25, 0.3) is 10.0 Å². The summed E-state index contributed by atoms with van der Waals surface area (Å²) in [5.41, 5.74) is 0.981. The van der Waals surface area contributed by atoms with Gasteiger partial charge in [-0.3, -0.25) is 13.9 Å². The van der Waals surface area contributed by atoms with E-state index in [2.05, 4.69) is 5.32 Å². The minimum Gasteiger partial charge on any atom is -0.497 e. The molecule has 43 heavy (non-hydrogen) atoms. The molecule has 1 aliphatic carbocycles. The van der Waals surface area contributed by atoms with E-state index in [4.69, 9.17) is 9.47 Å². The average molecular weight is 608 g/mol. The Bertz CT molecular complexity index is 1470. The summed E-state index contributed by atoms with van der Waals surface area (Å²) in [6.07, 6.45) is 5.43. The van der Waals surface area contributed by atoms with Crippen molar-refractivity contribution < 1.29 is 27.5 Å². The summed E-state index contributed by atoms with van der Waals surface area (Å²) < 4.78 is 40.0. The molecule has 3 aromatic rings. The van der Waals surface area contributed by atoms with Gasteiger partial charge in [-0.15, -0.1) is 0 Å². The third kappa shape index (κ3) is 7.87. The summed E-state index contributed by atoms with van der Waals surface area (Å²) in [4.78, 5) is 29.5. The molecular formula is C33H41N3O6S. The lowest BCUT2D eigenvalue weighted by atomic mass is 9.95. The highest BCUT2D eigenvalue weighted by atomic mass is 32.2. The van der Waals surface area contributed by atoms with Crippen LogP contribution in [0.2, 0.25) is 0 Å². The number of hydrogen-bond donors (Lipinski definition) is 1. The Labute approximate surface area is 254 Å². The van der Waals surface area contributed by atoms with E-state index < -0.39 is 28.5 Å². The number of para-hydroxylation sites is 2. The summed E-state index contributed by atoms with van der Waals surface area (Å²) >= 11 is 0. The van der Waals surface area contributed by atoms with Crippen LogP contribution in [-0.2, 0) is 26.2 Å². The van der Waals surface area contributed by atoms with E-state index in [0.717, 1.165) is 42.0 Å². The molecule has 1 aliphatic rings. The molecule has 10 heteroatoms. The van der Waals surface area contributed by atoms with Gasteiger partial charge in [-0.2, -0.15) is 0 Å². The maximum atomic E-state index is 14.3. The van der Waals surface area contributed by atoms with E-state index in [1.807, 2.05) is 25.1 Å². The van der Waals surface area contributed by atoms with Crippen LogP contribution in [0.1, 0.15) is 51.0 Å². The molecule has 0 bridgehead atoms. The number of sulfonamides is 1. The van der Waals surface area contributed by atoms with Gasteiger partial charge in [-0.05, 0) is 61.2 Å². The summed E-state index contributed by atoms with van der Waals surface area (Å²) in [7, 11) is -1.18. The Morgan fingerprint density at radius 1 is 0.907 bits per heavy atom. The van der Waals surface area contributed by atoms with Crippen molar-refractivity contribution in [3.05, 3.63) is 84.4 Å². The molecule has 0 spiro atoms. The molecule has 0 unspecified atom stereocenters. The van der Waals surface area contributed by atoms with Crippen molar-refractivity contribution in [1.82, 2.24) is 10.2 Å². The first-order valence-electron chi connectivity index (χ1n) is 14.7. The Morgan fingerprint density at radius 2 is 1.60 bits per heavy atom. The number of hydrogen-bond acceptors (Lipinski definition) is 6. The molecule has 0 heterocycles. The predicted molar refractivity (Wildman–Crippen MR) is 167 cm³/mol. The maximum absolute atomic E-state index is 14.3. The molecule has 230 valence electrons. The second kappa shape index (κ2) is 14.9. The fourth-order valence-corrected chi connectivity index (χ4v) is 6.95. The van der Waals surface area contributed by atoms with Crippen LogP contribution in [0.3, 0.4) is 0 Å². The monoisotopic (exact) mass is 607 g/mol. The molecule has 1 fully saturated rings. The molecule has 1 N–H and O–H groups in total. The number of ether oxygens (including phenoxy) is 2.